The molecule has 0 fully saturated rings. The minimum atomic E-state index is -1.21. The molecule has 0 spiro atoms. The SMILES string of the molecule is C#C[C@@H](O)c1ccc(Cl)cc1F. The second-order valence-electron chi connectivity index (χ2n) is 2.24. The predicted molar refractivity (Wildman–Crippen MR) is 45.2 cm³/mol. The second-order valence-corrected chi connectivity index (χ2v) is 2.67. The molecule has 0 aliphatic heterocycles. The van der Waals surface area contributed by atoms with Crippen molar-refractivity contribution in [3.63, 3.8) is 0 Å². The van der Waals surface area contributed by atoms with Crippen molar-refractivity contribution in [2.75, 3.05) is 0 Å². The molecule has 1 rings (SSSR count). The van der Waals surface area contributed by atoms with Crippen molar-refractivity contribution in [2.24, 2.45) is 0 Å². The van der Waals surface area contributed by atoms with Crippen LogP contribution in [-0.2, 0) is 0 Å². The summed E-state index contributed by atoms with van der Waals surface area (Å²) in [4.78, 5) is 0. The number of hydrogen-bond donors (Lipinski definition) is 1. The van der Waals surface area contributed by atoms with Gasteiger partial charge < -0.3 is 5.11 Å². The molecule has 1 atom stereocenters. The molecular weight excluding hydrogens is 179 g/mol. The molecule has 0 heterocycles. The first-order chi connectivity index (χ1) is 5.65. The summed E-state index contributed by atoms with van der Waals surface area (Å²) in [5.74, 6) is 1.42. The van der Waals surface area contributed by atoms with Gasteiger partial charge in [-0.05, 0) is 12.1 Å². The molecule has 0 unspecified atom stereocenters. The Balaban J connectivity index is 3.11. The molecule has 3 heteroatoms. The van der Waals surface area contributed by atoms with Crippen molar-refractivity contribution in [1.29, 1.82) is 0 Å². The number of aliphatic hydroxyl groups excluding tert-OH is 1. The molecule has 1 aromatic rings. The second kappa shape index (κ2) is 3.57. The average molecular weight is 185 g/mol. The third-order valence-corrected chi connectivity index (χ3v) is 1.65. The Hall–Kier alpha value is -1.04. The highest BCUT2D eigenvalue weighted by atomic mass is 35.5. The minimum Gasteiger partial charge on any atom is -0.376 e. The summed E-state index contributed by atoms with van der Waals surface area (Å²) in [6.07, 6.45) is 3.71. The number of terminal acetylenes is 1. The maximum absolute atomic E-state index is 12.9. The normalized spacial score (nSPS) is 12.2. The zero-order valence-electron chi connectivity index (χ0n) is 6.09. The van der Waals surface area contributed by atoms with Crippen LogP contribution in [0, 0.1) is 18.2 Å². The maximum Gasteiger partial charge on any atom is 0.142 e. The van der Waals surface area contributed by atoms with Crippen LogP contribution in [0.4, 0.5) is 4.39 Å². The summed E-state index contributed by atoms with van der Waals surface area (Å²) in [5, 5.41) is 9.36. The number of hydrogen-bond acceptors (Lipinski definition) is 1. The third kappa shape index (κ3) is 1.76. The first kappa shape index (κ1) is 9.05. The Kier molecular flexibility index (Phi) is 2.69. The van der Waals surface area contributed by atoms with Crippen LogP contribution < -0.4 is 0 Å². The van der Waals surface area contributed by atoms with Gasteiger partial charge in [0.05, 0.1) is 0 Å². The molecule has 1 nitrogen and oxygen atoms in total. The summed E-state index contributed by atoms with van der Waals surface area (Å²) in [5.41, 5.74) is 0.0712. The first-order valence-electron chi connectivity index (χ1n) is 3.24. The van der Waals surface area contributed by atoms with E-state index in [1.54, 1.807) is 0 Å². The van der Waals surface area contributed by atoms with Gasteiger partial charge >= 0.3 is 0 Å². The summed E-state index contributed by atoms with van der Waals surface area (Å²) in [6.45, 7) is 0. The molecule has 0 bridgehead atoms. The van der Waals surface area contributed by atoms with Crippen LogP contribution in [0.3, 0.4) is 0 Å². The molecule has 1 N–H and O–H groups in total. The van der Waals surface area contributed by atoms with Gasteiger partial charge in [0.1, 0.15) is 11.9 Å². The van der Waals surface area contributed by atoms with Gasteiger partial charge in [-0.2, -0.15) is 0 Å². The smallest absolute Gasteiger partial charge is 0.142 e. The number of aliphatic hydroxyl groups is 1. The van der Waals surface area contributed by atoms with Crippen LogP contribution in [0.5, 0.6) is 0 Å². The van der Waals surface area contributed by atoms with Gasteiger partial charge in [0, 0.05) is 10.6 Å². The Morgan fingerprint density at radius 1 is 1.58 bits per heavy atom. The van der Waals surface area contributed by atoms with E-state index in [4.69, 9.17) is 23.1 Å². The monoisotopic (exact) mass is 184 g/mol. The fourth-order valence-electron chi connectivity index (χ4n) is 0.813. The molecule has 62 valence electrons. The Morgan fingerprint density at radius 3 is 2.75 bits per heavy atom. The van der Waals surface area contributed by atoms with E-state index in [-0.39, 0.29) is 10.6 Å². The standard InChI is InChI=1S/C9H6ClFO/c1-2-9(12)7-4-3-6(10)5-8(7)11/h1,3-5,9,12H/t9-/m1/s1. The molecule has 0 radical (unpaired) electrons. The molecule has 0 amide bonds. The fourth-order valence-corrected chi connectivity index (χ4v) is 0.972. The molecule has 0 saturated heterocycles. The van der Waals surface area contributed by atoms with E-state index in [9.17, 15) is 4.39 Å². The molecule has 12 heavy (non-hydrogen) atoms. The third-order valence-electron chi connectivity index (χ3n) is 1.41. The average Bonchev–Trinajstić information content (AvgIpc) is 2.03. The Bertz CT molecular complexity index is 330. The van der Waals surface area contributed by atoms with Gasteiger partial charge in [-0.25, -0.2) is 4.39 Å². The lowest BCUT2D eigenvalue weighted by molar-refractivity contribution is 0.233. The zero-order chi connectivity index (χ0) is 9.14. The van der Waals surface area contributed by atoms with E-state index in [1.807, 2.05) is 5.92 Å². The molecule has 0 aliphatic rings. The Morgan fingerprint density at radius 2 is 2.25 bits per heavy atom. The van der Waals surface area contributed by atoms with E-state index in [1.165, 1.54) is 12.1 Å². The van der Waals surface area contributed by atoms with Crippen LogP contribution >= 0.6 is 11.6 Å². The van der Waals surface area contributed by atoms with Crippen LogP contribution in [0.15, 0.2) is 18.2 Å². The van der Waals surface area contributed by atoms with E-state index in [0.29, 0.717) is 0 Å². The first-order valence-corrected chi connectivity index (χ1v) is 3.62. The maximum atomic E-state index is 12.9. The van der Waals surface area contributed by atoms with Crippen LogP contribution in [0.1, 0.15) is 11.7 Å². The van der Waals surface area contributed by atoms with Crippen molar-refractivity contribution in [1.82, 2.24) is 0 Å². The highest BCUT2D eigenvalue weighted by Crippen LogP contribution is 2.19. The van der Waals surface area contributed by atoms with Gasteiger partial charge in [-0.3, -0.25) is 0 Å². The van der Waals surface area contributed by atoms with Crippen LogP contribution in [0.2, 0.25) is 5.02 Å². The van der Waals surface area contributed by atoms with E-state index in [2.05, 4.69) is 0 Å². The largest absolute Gasteiger partial charge is 0.376 e. The minimum absolute atomic E-state index is 0.0712. The van der Waals surface area contributed by atoms with Crippen molar-refractivity contribution in [3.05, 3.63) is 34.6 Å². The lowest BCUT2D eigenvalue weighted by Gasteiger charge is -2.04. The summed E-state index contributed by atoms with van der Waals surface area (Å²) in [6, 6.07) is 3.94. The van der Waals surface area contributed by atoms with Crippen molar-refractivity contribution < 1.29 is 9.50 Å². The van der Waals surface area contributed by atoms with E-state index >= 15 is 0 Å². The number of halogens is 2. The molecule has 0 aromatic heterocycles. The molecular formula is C9H6ClFO. The zero-order valence-corrected chi connectivity index (χ0v) is 6.85. The van der Waals surface area contributed by atoms with E-state index < -0.39 is 11.9 Å². The predicted octanol–water partition coefficient (Wildman–Crippen LogP) is 2.15. The fraction of sp³-hybridized carbons (Fsp3) is 0.111. The van der Waals surface area contributed by atoms with Gasteiger partial charge in [-0.1, -0.05) is 23.6 Å². The van der Waals surface area contributed by atoms with Gasteiger partial charge in [0.15, 0.2) is 0 Å². The lowest BCUT2D eigenvalue weighted by atomic mass is 10.1. The molecule has 1 aromatic carbocycles. The highest BCUT2D eigenvalue weighted by Gasteiger charge is 2.09. The number of rotatable bonds is 1. The van der Waals surface area contributed by atoms with Crippen LogP contribution in [0.25, 0.3) is 0 Å². The van der Waals surface area contributed by atoms with Gasteiger partial charge in [0.25, 0.3) is 0 Å². The van der Waals surface area contributed by atoms with Crippen LogP contribution in [-0.4, -0.2) is 5.11 Å². The van der Waals surface area contributed by atoms with Gasteiger partial charge in [0.2, 0.25) is 0 Å². The summed E-state index contributed by atoms with van der Waals surface area (Å²) >= 11 is 5.49. The summed E-state index contributed by atoms with van der Waals surface area (Å²) in [7, 11) is 0. The Labute approximate surface area is 74.8 Å². The number of benzene rings is 1. The lowest BCUT2D eigenvalue weighted by Crippen LogP contribution is -1.96. The van der Waals surface area contributed by atoms with Crippen molar-refractivity contribution in [3.8, 4) is 12.3 Å². The molecule has 0 saturated carbocycles. The highest BCUT2D eigenvalue weighted by molar-refractivity contribution is 6.30. The van der Waals surface area contributed by atoms with E-state index in [0.717, 1.165) is 6.07 Å². The quantitative estimate of drug-likeness (QED) is 0.663. The van der Waals surface area contributed by atoms with Crippen molar-refractivity contribution >= 4 is 11.6 Å². The van der Waals surface area contributed by atoms with Gasteiger partial charge in [-0.15, -0.1) is 6.42 Å². The summed E-state index contributed by atoms with van der Waals surface area (Å²) < 4.78 is 12.9. The topological polar surface area (TPSA) is 20.2 Å². The molecule has 0 aliphatic carbocycles. The van der Waals surface area contributed by atoms with Crippen molar-refractivity contribution in [2.45, 2.75) is 6.10 Å².